The van der Waals surface area contributed by atoms with Gasteiger partial charge in [0.15, 0.2) is 6.10 Å². The summed E-state index contributed by atoms with van der Waals surface area (Å²) >= 11 is 0. The lowest BCUT2D eigenvalue weighted by molar-refractivity contribution is -0.126. The van der Waals surface area contributed by atoms with Gasteiger partial charge < -0.3 is 15.4 Å². The zero-order valence-electron chi connectivity index (χ0n) is 18.1. The van der Waals surface area contributed by atoms with Gasteiger partial charge in [-0.25, -0.2) is 8.42 Å². The van der Waals surface area contributed by atoms with E-state index in [1.54, 1.807) is 19.9 Å². The van der Waals surface area contributed by atoms with E-state index in [9.17, 15) is 18.0 Å². The largest absolute Gasteiger partial charge is 0.479 e. The van der Waals surface area contributed by atoms with Crippen molar-refractivity contribution < 1.29 is 22.7 Å². The van der Waals surface area contributed by atoms with Gasteiger partial charge in [0.25, 0.3) is 5.91 Å². The molecule has 1 fully saturated rings. The molecule has 8 nitrogen and oxygen atoms in total. The number of hydrogen-bond acceptors (Lipinski definition) is 5. The smallest absolute Gasteiger partial charge is 0.265 e. The van der Waals surface area contributed by atoms with Crippen LogP contribution in [-0.4, -0.2) is 43.7 Å². The summed E-state index contributed by atoms with van der Waals surface area (Å²) in [6, 6.07) is 12.7. The lowest BCUT2D eigenvalue weighted by Gasteiger charge is -2.32. The van der Waals surface area contributed by atoms with Gasteiger partial charge in [-0.1, -0.05) is 30.3 Å². The summed E-state index contributed by atoms with van der Waals surface area (Å²) in [6.07, 6.45) is 0.548. The second-order valence-electron chi connectivity index (χ2n) is 8.27. The molecule has 9 heteroatoms. The molecule has 2 aromatic rings. The average Bonchev–Trinajstić information content (AvgIpc) is 2.79. The van der Waals surface area contributed by atoms with Crippen LogP contribution in [0, 0.1) is 12.8 Å². The number of rotatable bonds is 5. The zero-order chi connectivity index (χ0) is 22.9. The molecule has 2 amide bonds. The minimum atomic E-state index is -3.83. The van der Waals surface area contributed by atoms with Crippen LogP contribution in [0.2, 0.25) is 0 Å². The van der Waals surface area contributed by atoms with Crippen LogP contribution < -0.4 is 15.4 Å². The van der Waals surface area contributed by atoms with E-state index in [2.05, 4.69) is 10.6 Å². The van der Waals surface area contributed by atoms with Gasteiger partial charge in [0, 0.05) is 25.7 Å². The average molecular weight is 458 g/mol. The topological polar surface area (TPSA) is 105 Å². The molecular formula is C23H27N3O5S. The Hall–Kier alpha value is -2.91. The van der Waals surface area contributed by atoms with Crippen LogP contribution in [0.1, 0.15) is 30.9 Å². The van der Waals surface area contributed by atoms with Crippen LogP contribution in [0.25, 0.3) is 0 Å². The molecule has 0 radical (unpaired) electrons. The monoisotopic (exact) mass is 457 g/mol. The molecule has 0 saturated carbocycles. The second-order valence-corrected chi connectivity index (χ2v) is 10.2. The van der Waals surface area contributed by atoms with Crippen molar-refractivity contribution in [3.05, 3.63) is 53.6 Å². The Kier molecular flexibility index (Phi) is 6.21. The number of ether oxygens (including phenoxy) is 1. The van der Waals surface area contributed by atoms with Gasteiger partial charge in [-0.2, -0.15) is 4.31 Å². The molecule has 4 rings (SSSR count). The zero-order valence-corrected chi connectivity index (χ0v) is 18.9. The summed E-state index contributed by atoms with van der Waals surface area (Å²) in [4.78, 5) is 24.7. The molecule has 2 atom stereocenters. The van der Waals surface area contributed by atoms with Crippen LogP contribution in [0.4, 0.5) is 5.69 Å². The molecule has 2 N–H and O–H groups in total. The van der Waals surface area contributed by atoms with Crippen molar-refractivity contribution in [2.75, 3.05) is 18.4 Å². The third kappa shape index (κ3) is 4.49. The number of nitrogens with one attached hydrogen (secondary N) is 2. The maximum absolute atomic E-state index is 13.4. The first-order valence-corrected chi connectivity index (χ1v) is 12.1. The van der Waals surface area contributed by atoms with Crippen LogP contribution >= 0.6 is 0 Å². The number of anilines is 1. The van der Waals surface area contributed by atoms with Crippen LogP contribution in [-0.2, 0) is 26.2 Å². The number of carbonyl (C=O) groups is 2. The highest BCUT2D eigenvalue weighted by Gasteiger charge is 2.35. The number of benzene rings is 2. The Morgan fingerprint density at radius 3 is 2.75 bits per heavy atom. The van der Waals surface area contributed by atoms with E-state index < -0.39 is 22.0 Å². The number of nitrogens with zero attached hydrogens (tertiary/aromatic N) is 1. The van der Waals surface area contributed by atoms with E-state index in [4.69, 9.17) is 4.74 Å². The quantitative estimate of drug-likeness (QED) is 0.718. The fourth-order valence-corrected chi connectivity index (χ4v) is 5.81. The van der Waals surface area contributed by atoms with Gasteiger partial charge in [0.05, 0.1) is 16.5 Å². The number of aryl methyl sites for hydroxylation is 1. The Bertz CT molecular complexity index is 1130. The van der Waals surface area contributed by atoms with E-state index in [0.717, 1.165) is 5.56 Å². The van der Waals surface area contributed by atoms with Crippen LogP contribution in [0.15, 0.2) is 47.4 Å². The molecule has 0 bridgehead atoms. The van der Waals surface area contributed by atoms with E-state index in [1.807, 2.05) is 30.3 Å². The predicted molar refractivity (Wildman–Crippen MR) is 120 cm³/mol. The first kappa shape index (κ1) is 22.3. The van der Waals surface area contributed by atoms with Crippen molar-refractivity contribution in [3.8, 4) is 5.75 Å². The number of amides is 2. The van der Waals surface area contributed by atoms with Crippen molar-refractivity contribution in [1.29, 1.82) is 0 Å². The summed E-state index contributed by atoms with van der Waals surface area (Å²) < 4.78 is 33.9. The summed E-state index contributed by atoms with van der Waals surface area (Å²) in [6.45, 7) is 4.19. The highest BCUT2D eigenvalue weighted by atomic mass is 32.2. The molecule has 0 aromatic heterocycles. The fraction of sp³-hybridized carbons (Fsp3) is 0.391. The molecular weight excluding hydrogens is 430 g/mol. The van der Waals surface area contributed by atoms with E-state index in [1.165, 1.54) is 10.4 Å². The van der Waals surface area contributed by atoms with Gasteiger partial charge in [0.2, 0.25) is 15.9 Å². The Balaban J connectivity index is 1.50. The first-order chi connectivity index (χ1) is 15.3. The van der Waals surface area contributed by atoms with Crippen LogP contribution in [0.5, 0.6) is 5.75 Å². The van der Waals surface area contributed by atoms with Crippen molar-refractivity contribution in [2.24, 2.45) is 5.92 Å². The molecule has 1 saturated heterocycles. The van der Waals surface area contributed by atoms with Gasteiger partial charge in [-0.05, 0) is 43.9 Å². The molecule has 0 spiro atoms. The number of hydrogen-bond donors (Lipinski definition) is 2. The van der Waals surface area contributed by atoms with Gasteiger partial charge in [0.1, 0.15) is 5.75 Å². The van der Waals surface area contributed by atoms with Gasteiger partial charge in [-0.3, -0.25) is 9.59 Å². The van der Waals surface area contributed by atoms with Crippen molar-refractivity contribution >= 4 is 27.5 Å². The summed E-state index contributed by atoms with van der Waals surface area (Å²) in [5.41, 5.74) is 1.96. The maximum Gasteiger partial charge on any atom is 0.265 e. The number of sulfonamides is 1. The highest BCUT2D eigenvalue weighted by molar-refractivity contribution is 7.89. The SMILES string of the molecule is Cc1cc2c(cc1S(=O)(=O)N1CCCC(C(=O)NCc3ccccc3)C1)OC(C)C(=O)N2. The van der Waals surface area contributed by atoms with E-state index >= 15 is 0 Å². The molecule has 0 aliphatic carbocycles. The Morgan fingerprint density at radius 1 is 1.25 bits per heavy atom. The standard InChI is InChI=1S/C23H27N3O5S/c1-15-11-19-20(31-16(2)22(27)25-19)12-21(15)32(29,30)26-10-6-9-18(14-26)23(28)24-13-17-7-4-3-5-8-17/h3-5,7-8,11-12,16,18H,6,9-10,13-14H2,1-2H3,(H,24,28)(H,25,27). The predicted octanol–water partition coefficient (Wildman–Crippen LogP) is 2.43. The van der Waals surface area contributed by atoms with E-state index in [-0.39, 0.29) is 23.3 Å². The molecule has 2 unspecified atom stereocenters. The number of fused-ring (bicyclic) bond motifs is 1. The lowest BCUT2D eigenvalue weighted by atomic mass is 9.99. The molecule has 32 heavy (non-hydrogen) atoms. The Morgan fingerprint density at radius 2 is 2.00 bits per heavy atom. The minimum absolute atomic E-state index is 0.130. The fourth-order valence-electron chi connectivity index (χ4n) is 4.06. The lowest BCUT2D eigenvalue weighted by Crippen LogP contribution is -2.45. The van der Waals surface area contributed by atoms with Gasteiger partial charge in [-0.15, -0.1) is 0 Å². The molecule has 170 valence electrons. The second kappa shape index (κ2) is 8.91. The van der Waals surface area contributed by atoms with Crippen molar-refractivity contribution in [3.63, 3.8) is 0 Å². The molecule has 2 aliphatic heterocycles. The molecule has 2 aliphatic rings. The molecule has 2 aromatic carbocycles. The highest BCUT2D eigenvalue weighted by Crippen LogP contribution is 2.36. The van der Waals surface area contributed by atoms with Crippen molar-refractivity contribution in [1.82, 2.24) is 9.62 Å². The summed E-state index contributed by atoms with van der Waals surface area (Å²) in [5.74, 6) is -0.491. The molecule has 2 heterocycles. The Labute approximate surface area is 188 Å². The minimum Gasteiger partial charge on any atom is -0.479 e. The number of piperidine rings is 1. The van der Waals surface area contributed by atoms with E-state index in [0.29, 0.717) is 42.9 Å². The first-order valence-electron chi connectivity index (χ1n) is 10.7. The summed E-state index contributed by atoms with van der Waals surface area (Å²) in [7, 11) is -3.83. The normalized spacial score (nSPS) is 21.2. The van der Waals surface area contributed by atoms with Crippen LogP contribution in [0.3, 0.4) is 0 Å². The third-order valence-electron chi connectivity index (χ3n) is 5.89. The third-order valence-corrected chi connectivity index (χ3v) is 7.90. The van der Waals surface area contributed by atoms with Crippen molar-refractivity contribution in [2.45, 2.75) is 44.2 Å². The summed E-state index contributed by atoms with van der Waals surface area (Å²) in [5, 5.41) is 5.65. The number of carbonyl (C=O) groups excluding carboxylic acids is 2. The van der Waals surface area contributed by atoms with Gasteiger partial charge >= 0.3 is 0 Å². The maximum atomic E-state index is 13.4.